The van der Waals surface area contributed by atoms with Crippen LogP contribution < -0.4 is 0 Å². The van der Waals surface area contributed by atoms with Gasteiger partial charge in [0.2, 0.25) is 0 Å². The van der Waals surface area contributed by atoms with Gasteiger partial charge < -0.3 is 9.64 Å². The lowest BCUT2D eigenvalue weighted by molar-refractivity contribution is -0.0197. The van der Waals surface area contributed by atoms with Crippen LogP contribution in [0.15, 0.2) is 84.9 Å². The molecule has 0 aromatic heterocycles. The second kappa shape index (κ2) is 9.80. The Kier molecular flexibility index (Phi) is 6.45. The van der Waals surface area contributed by atoms with Crippen LogP contribution >= 0.6 is 0 Å². The minimum atomic E-state index is -0.196. The number of piperidine rings is 2. The van der Waals surface area contributed by atoms with Gasteiger partial charge in [-0.05, 0) is 47.4 Å². The van der Waals surface area contributed by atoms with Gasteiger partial charge in [-0.3, -0.25) is 4.90 Å². The summed E-state index contributed by atoms with van der Waals surface area (Å²) in [7, 11) is 0. The summed E-state index contributed by atoms with van der Waals surface area (Å²) in [4.78, 5) is 18.0. The SMILES string of the molecule is Cc1ccccc1C1C2CC(CN(Cc3ccccc3)C2)CN1C(=O)OCc1ccccc1. The van der Waals surface area contributed by atoms with Gasteiger partial charge in [0.15, 0.2) is 0 Å². The van der Waals surface area contributed by atoms with E-state index in [2.05, 4.69) is 66.4 Å². The van der Waals surface area contributed by atoms with Crippen molar-refractivity contribution < 1.29 is 9.53 Å². The fourth-order valence-electron chi connectivity index (χ4n) is 5.66. The normalized spacial score (nSPS) is 22.7. The molecule has 2 bridgehead atoms. The molecule has 33 heavy (non-hydrogen) atoms. The Labute approximate surface area is 196 Å². The second-order valence-corrected chi connectivity index (χ2v) is 9.54. The quantitative estimate of drug-likeness (QED) is 0.501. The zero-order chi connectivity index (χ0) is 22.6. The van der Waals surface area contributed by atoms with Crippen LogP contribution in [-0.2, 0) is 17.9 Å². The van der Waals surface area contributed by atoms with E-state index in [1.165, 1.54) is 16.7 Å². The summed E-state index contributed by atoms with van der Waals surface area (Å²) >= 11 is 0. The van der Waals surface area contributed by atoms with Crippen molar-refractivity contribution in [3.8, 4) is 0 Å². The molecule has 0 radical (unpaired) electrons. The van der Waals surface area contributed by atoms with Crippen molar-refractivity contribution in [1.29, 1.82) is 0 Å². The highest BCUT2D eigenvalue weighted by atomic mass is 16.6. The molecular formula is C29H32N2O2. The van der Waals surface area contributed by atoms with Gasteiger partial charge in [-0.15, -0.1) is 0 Å². The molecule has 3 aromatic rings. The smallest absolute Gasteiger partial charge is 0.410 e. The van der Waals surface area contributed by atoms with Crippen molar-refractivity contribution in [3.63, 3.8) is 0 Å². The van der Waals surface area contributed by atoms with E-state index in [0.29, 0.717) is 18.4 Å². The third-order valence-corrected chi connectivity index (χ3v) is 7.08. The Morgan fingerprint density at radius 3 is 2.24 bits per heavy atom. The topological polar surface area (TPSA) is 32.8 Å². The first-order chi connectivity index (χ1) is 16.2. The fraction of sp³-hybridized carbons (Fsp3) is 0.345. The summed E-state index contributed by atoms with van der Waals surface area (Å²) in [5.74, 6) is 0.864. The van der Waals surface area contributed by atoms with E-state index in [-0.39, 0.29) is 12.1 Å². The summed E-state index contributed by atoms with van der Waals surface area (Å²) in [6.45, 7) is 6.19. The van der Waals surface area contributed by atoms with E-state index >= 15 is 0 Å². The maximum atomic E-state index is 13.4. The Balaban J connectivity index is 1.37. The lowest BCUT2D eigenvalue weighted by atomic mass is 9.76. The third kappa shape index (κ3) is 4.96. The van der Waals surface area contributed by atoms with Crippen molar-refractivity contribution in [2.24, 2.45) is 11.8 Å². The molecule has 5 rings (SSSR count). The van der Waals surface area contributed by atoms with E-state index < -0.39 is 0 Å². The molecule has 0 spiro atoms. The van der Waals surface area contributed by atoms with Gasteiger partial charge in [0.05, 0.1) is 6.04 Å². The molecule has 0 aliphatic carbocycles. The van der Waals surface area contributed by atoms with Crippen molar-refractivity contribution >= 4 is 6.09 Å². The Morgan fingerprint density at radius 2 is 1.52 bits per heavy atom. The molecule has 0 saturated carbocycles. The van der Waals surface area contributed by atoms with Crippen LogP contribution in [0.25, 0.3) is 0 Å². The average molecular weight is 441 g/mol. The Morgan fingerprint density at radius 1 is 0.848 bits per heavy atom. The molecule has 2 saturated heterocycles. The van der Waals surface area contributed by atoms with Crippen LogP contribution in [0.3, 0.4) is 0 Å². The summed E-state index contributed by atoms with van der Waals surface area (Å²) in [5, 5.41) is 0. The summed E-state index contributed by atoms with van der Waals surface area (Å²) in [6.07, 6.45) is 0.963. The third-order valence-electron chi connectivity index (χ3n) is 7.08. The van der Waals surface area contributed by atoms with E-state index in [9.17, 15) is 4.79 Å². The number of aryl methyl sites for hydroxylation is 1. The number of benzene rings is 3. The highest BCUT2D eigenvalue weighted by Gasteiger charge is 2.44. The van der Waals surface area contributed by atoms with Gasteiger partial charge in [-0.2, -0.15) is 0 Å². The Hall–Kier alpha value is -3.11. The van der Waals surface area contributed by atoms with Crippen LogP contribution in [0.2, 0.25) is 0 Å². The van der Waals surface area contributed by atoms with E-state index in [4.69, 9.17) is 4.74 Å². The molecule has 0 N–H and O–H groups in total. The minimum Gasteiger partial charge on any atom is -0.445 e. The number of hydrogen-bond donors (Lipinski definition) is 0. The standard InChI is InChI=1S/C29H32N2O2/c1-22-10-8-9-15-27(22)28-26-16-25(18-30(20-26)17-23-11-4-2-5-12-23)19-31(28)29(32)33-21-24-13-6-3-7-14-24/h2-15,25-26,28H,16-21H2,1H3. The molecular weight excluding hydrogens is 408 g/mol. The molecule has 3 atom stereocenters. The maximum absolute atomic E-state index is 13.4. The lowest BCUT2D eigenvalue weighted by Crippen LogP contribution is -2.55. The van der Waals surface area contributed by atoms with Crippen LogP contribution in [0.5, 0.6) is 0 Å². The van der Waals surface area contributed by atoms with Crippen molar-refractivity contribution in [3.05, 3.63) is 107 Å². The highest BCUT2D eigenvalue weighted by molar-refractivity contribution is 5.69. The predicted octanol–water partition coefficient (Wildman–Crippen LogP) is 5.83. The first-order valence-corrected chi connectivity index (χ1v) is 12.0. The fourth-order valence-corrected chi connectivity index (χ4v) is 5.66. The predicted molar refractivity (Wildman–Crippen MR) is 131 cm³/mol. The van der Waals surface area contributed by atoms with Gasteiger partial charge in [-0.1, -0.05) is 84.9 Å². The molecule has 4 heteroatoms. The number of carbonyl (C=O) groups is 1. The molecule has 3 unspecified atom stereocenters. The minimum absolute atomic E-state index is 0.0456. The number of ether oxygens (including phenoxy) is 1. The largest absolute Gasteiger partial charge is 0.445 e. The van der Waals surface area contributed by atoms with E-state index in [1.54, 1.807) is 0 Å². The van der Waals surface area contributed by atoms with Gasteiger partial charge in [0, 0.05) is 26.2 Å². The monoisotopic (exact) mass is 440 g/mol. The highest BCUT2D eigenvalue weighted by Crippen LogP contribution is 2.43. The molecule has 2 heterocycles. The maximum Gasteiger partial charge on any atom is 0.410 e. The van der Waals surface area contributed by atoms with Crippen LogP contribution in [0, 0.1) is 18.8 Å². The van der Waals surface area contributed by atoms with Crippen LogP contribution in [-0.4, -0.2) is 35.5 Å². The summed E-state index contributed by atoms with van der Waals surface area (Å²) in [6, 6.07) is 29.2. The molecule has 2 aliphatic rings. The molecule has 1 amide bonds. The van der Waals surface area contributed by atoms with Crippen molar-refractivity contribution in [2.75, 3.05) is 19.6 Å². The lowest BCUT2D eigenvalue weighted by Gasteiger charge is -2.50. The van der Waals surface area contributed by atoms with Gasteiger partial charge >= 0.3 is 6.09 Å². The average Bonchev–Trinajstić information content (AvgIpc) is 2.84. The van der Waals surface area contributed by atoms with Gasteiger partial charge in [-0.25, -0.2) is 4.79 Å². The van der Waals surface area contributed by atoms with Gasteiger partial charge in [0.1, 0.15) is 6.61 Å². The molecule has 2 aliphatic heterocycles. The number of fused-ring (bicyclic) bond motifs is 2. The summed E-state index contributed by atoms with van der Waals surface area (Å²) in [5.41, 5.74) is 4.86. The van der Waals surface area contributed by atoms with E-state index in [0.717, 1.165) is 38.2 Å². The Bertz CT molecular complexity index is 1070. The van der Waals surface area contributed by atoms with Crippen molar-refractivity contribution in [2.45, 2.75) is 32.5 Å². The number of carbonyl (C=O) groups excluding carboxylic acids is 1. The number of amides is 1. The van der Waals surface area contributed by atoms with Gasteiger partial charge in [0.25, 0.3) is 0 Å². The van der Waals surface area contributed by atoms with Crippen molar-refractivity contribution in [1.82, 2.24) is 9.80 Å². The molecule has 2 fully saturated rings. The number of nitrogens with zero attached hydrogens (tertiary/aromatic N) is 2. The summed E-state index contributed by atoms with van der Waals surface area (Å²) < 4.78 is 5.82. The zero-order valence-corrected chi connectivity index (χ0v) is 19.3. The van der Waals surface area contributed by atoms with Crippen LogP contribution in [0.1, 0.15) is 34.7 Å². The molecule has 3 aromatic carbocycles. The number of hydrogen-bond acceptors (Lipinski definition) is 3. The zero-order valence-electron chi connectivity index (χ0n) is 19.3. The molecule has 4 nitrogen and oxygen atoms in total. The second-order valence-electron chi connectivity index (χ2n) is 9.54. The number of likely N-dealkylation sites (tertiary alicyclic amines) is 2. The molecule has 170 valence electrons. The first kappa shape index (κ1) is 21.7. The van der Waals surface area contributed by atoms with E-state index in [1.807, 2.05) is 35.2 Å². The first-order valence-electron chi connectivity index (χ1n) is 12.0. The number of rotatable bonds is 5. The van der Waals surface area contributed by atoms with Crippen LogP contribution in [0.4, 0.5) is 4.79 Å².